The summed E-state index contributed by atoms with van der Waals surface area (Å²) in [6.07, 6.45) is 14.5. The summed E-state index contributed by atoms with van der Waals surface area (Å²) in [5, 5.41) is 0. The van der Waals surface area contributed by atoms with Gasteiger partial charge in [0.15, 0.2) is 0 Å². The molecule has 0 aromatic heterocycles. The summed E-state index contributed by atoms with van der Waals surface area (Å²) in [5.74, 6) is 0.407. The van der Waals surface area contributed by atoms with E-state index in [0.717, 1.165) is 25.0 Å². The van der Waals surface area contributed by atoms with Gasteiger partial charge in [0.25, 0.3) is 10.1 Å². The van der Waals surface area contributed by atoms with Crippen molar-refractivity contribution >= 4 is 10.1 Å². The van der Waals surface area contributed by atoms with E-state index < -0.39 is 16.2 Å². The molecule has 4 nitrogen and oxygen atoms in total. The number of ether oxygens (including phenoxy) is 1. The highest BCUT2D eigenvalue weighted by Crippen LogP contribution is 2.26. The second-order valence-corrected chi connectivity index (χ2v) is 9.66. The Bertz CT molecular complexity index is 655. The van der Waals surface area contributed by atoms with E-state index in [2.05, 4.69) is 26.0 Å². The van der Waals surface area contributed by atoms with Crippen LogP contribution in [0.15, 0.2) is 18.2 Å². The van der Waals surface area contributed by atoms with E-state index in [1.165, 1.54) is 68.9 Å². The van der Waals surface area contributed by atoms with E-state index in [4.69, 9.17) is 4.74 Å². The number of unbranched alkanes of at least 4 members (excludes halogenated alkanes) is 8. The Kier molecular flexibility index (Phi) is 13.3. The third-order valence-corrected chi connectivity index (χ3v) is 6.18. The van der Waals surface area contributed by atoms with Crippen LogP contribution >= 0.6 is 0 Å². The molecule has 0 fully saturated rings. The quantitative estimate of drug-likeness (QED) is 0.221. The summed E-state index contributed by atoms with van der Waals surface area (Å²) in [7, 11) is -4.05. The predicted octanol–water partition coefficient (Wildman–Crippen LogP) is 6.76. The summed E-state index contributed by atoms with van der Waals surface area (Å²) < 4.78 is 37.7. The molecule has 168 valence electrons. The maximum Gasteiger partial charge on any atom is 0.268 e. The van der Waals surface area contributed by atoms with Crippen LogP contribution in [-0.2, 0) is 23.0 Å². The first-order valence-corrected chi connectivity index (χ1v) is 13.2. The van der Waals surface area contributed by atoms with Crippen molar-refractivity contribution in [1.82, 2.24) is 0 Å². The van der Waals surface area contributed by atoms with Gasteiger partial charge in [0.05, 0.1) is 0 Å². The number of aryl methyl sites for hydroxylation is 2. The van der Waals surface area contributed by atoms with E-state index in [0.29, 0.717) is 6.42 Å². The van der Waals surface area contributed by atoms with Crippen LogP contribution in [0.1, 0.15) is 103 Å². The Morgan fingerprint density at radius 3 is 2.00 bits per heavy atom. The van der Waals surface area contributed by atoms with Crippen molar-refractivity contribution in [3.05, 3.63) is 29.3 Å². The van der Waals surface area contributed by atoms with E-state index in [-0.39, 0.29) is 5.75 Å². The summed E-state index contributed by atoms with van der Waals surface area (Å²) >= 11 is 0. The third kappa shape index (κ3) is 12.3. The second kappa shape index (κ2) is 14.8. The summed E-state index contributed by atoms with van der Waals surface area (Å²) in [4.78, 5) is 0. The molecule has 1 aromatic rings. The minimum absolute atomic E-state index is 0.362. The Morgan fingerprint density at radius 1 is 0.862 bits per heavy atom. The standard InChI is InChI=1S/C24H42O4S/c1-4-7-9-11-13-15-21-17-18-24(28-23(6-3)20-29(25,26)27)22(19-21)16-14-12-10-8-5-2/h17-19,23H,4-16,20H2,1-3H3,(H,25,26,27). The van der Waals surface area contributed by atoms with Crippen molar-refractivity contribution in [1.29, 1.82) is 0 Å². The zero-order valence-electron chi connectivity index (χ0n) is 18.8. The van der Waals surface area contributed by atoms with Gasteiger partial charge < -0.3 is 4.74 Å². The highest BCUT2D eigenvalue weighted by atomic mass is 32.2. The normalized spacial score (nSPS) is 12.8. The van der Waals surface area contributed by atoms with Crippen molar-refractivity contribution in [2.45, 2.75) is 110 Å². The lowest BCUT2D eigenvalue weighted by Gasteiger charge is -2.19. The molecular formula is C24H42O4S. The molecule has 29 heavy (non-hydrogen) atoms. The van der Waals surface area contributed by atoms with Crippen LogP contribution in [0, 0.1) is 0 Å². The molecule has 0 spiro atoms. The molecule has 0 saturated heterocycles. The lowest BCUT2D eigenvalue weighted by molar-refractivity contribution is 0.214. The van der Waals surface area contributed by atoms with Gasteiger partial charge in [-0.15, -0.1) is 0 Å². The zero-order valence-corrected chi connectivity index (χ0v) is 19.6. The second-order valence-electron chi connectivity index (χ2n) is 8.17. The molecule has 0 amide bonds. The maximum atomic E-state index is 11.3. The van der Waals surface area contributed by atoms with Crippen molar-refractivity contribution in [3.8, 4) is 5.75 Å². The van der Waals surface area contributed by atoms with Crippen molar-refractivity contribution in [3.63, 3.8) is 0 Å². The smallest absolute Gasteiger partial charge is 0.268 e. The van der Waals surface area contributed by atoms with Crippen LogP contribution in [0.25, 0.3) is 0 Å². The largest absolute Gasteiger partial charge is 0.489 e. The van der Waals surface area contributed by atoms with Gasteiger partial charge in [-0.1, -0.05) is 84.3 Å². The molecule has 0 aliphatic rings. The van der Waals surface area contributed by atoms with Crippen LogP contribution in [-0.4, -0.2) is 24.8 Å². The predicted molar refractivity (Wildman–Crippen MR) is 122 cm³/mol. The fraction of sp³-hybridized carbons (Fsp3) is 0.750. The monoisotopic (exact) mass is 426 g/mol. The SMILES string of the molecule is CCCCCCCc1ccc(OC(CC)CS(=O)(=O)O)c(CCCCCCC)c1. The average molecular weight is 427 g/mol. The van der Waals surface area contributed by atoms with E-state index in [1.807, 2.05) is 13.0 Å². The third-order valence-electron chi connectivity index (χ3n) is 5.39. The molecule has 1 N–H and O–H groups in total. The molecule has 0 saturated carbocycles. The summed E-state index contributed by atoms with van der Waals surface area (Å²) in [6, 6.07) is 6.35. The molecule has 1 atom stereocenters. The van der Waals surface area contributed by atoms with E-state index >= 15 is 0 Å². The van der Waals surface area contributed by atoms with Gasteiger partial charge in [0.1, 0.15) is 17.6 Å². The average Bonchev–Trinajstić information content (AvgIpc) is 2.67. The van der Waals surface area contributed by atoms with Crippen LogP contribution in [0.2, 0.25) is 0 Å². The Labute approximate surface area is 179 Å². The number of hydrogen-bond acceptors (Lipinski definition) is 3. The minimum Gasteiger partial charge on any atom is -0.489 e. The number of benzene rings is 1. The topological polar surface area (TPSA) is 63.6 Å². The first kappa shape index (κ1) is 26.0. The molecule has 0 radical (unpaired) electrons. The van der Waals surface area contributed by atoms with Crippen molar-refractivity contribution < 1.29 is 17.7 Å². The zero-order chi connectivity index (χ0) is 21.5. The highest BCUT2D eigenvalue weighted by molar-refractivity contribution is 7.85. The fourth-order valence-electron chi connectivity index (χ4n) is 3.60. The fourth-order valence-corrected chi connectivity index (χ4v) is 4.37. The molecule has 1 unspecified atom stereocenters. The minimum atomic E-state index is -4.05. The van der Waals surface area contributed by atoms with Crippen LogP contribution in [0.3, 0.4) is 0 Å². The van der Waals surface area contributed by atoms with Gasteiger partial charge in [-0.2, -0.15) is 8.42 Å². The van der Waals surface area contributed by atoms with Gasteiger partial charge in [-0.05, 0) is 49.3 Å². The van der Waals surface area contributed by atoms with Gasteiger partial charge in [-0.3, -0.25) is 4.55 Å². The molecule has 1 rings (SSSR count). The Hall–Kier alpha value is -1.07. The molecule has 0 aliphatic carbocycles. The van der Waals surface area contributed by atoms with Crippen LogP contribution < -0.4 is 4.74 Å². The van der Waals surface area contributed by atoms with Gasteiger partial charge in [0, 0.05) is 0 Å². The lowest BCUT2D eigenvalue weighted by atomic mass is 9.99. The van der Waals surface area contributed by atoms with Gasteiger partial charge in [-0.25, -0.2) is 0 Å². The van der Waals surface area contributed by atoms with Crippen LogP contribution in [0.4, 0.5) is 0 Å². The lowest BCUT2D eigenvalue weighted by Crippen LogP contribution is -2.26. The van der Waals surface area contributed by atoms with Crippen LogP contribution in [0.5, 0.6) is 5.75 Å². The Balaban J connectivity index is 2.79. The molecule has 5 heteroatoms. The van der Waals surface area contributed by atoms with E-state index in [1.54, 1.807) is 0 Å². The Morgan fingerprint density at radius 2 is 1.45 bits per heavy atom. The maximum absolute atomic E-state index is 11.3. The summed E-state index contributed by atoms with van der Waals surface area (Å²) in [5.41, 5.74) is 2.50. The molecular weight excluding hydrogens is 384 g/mol. The number of rotatable bonds is 17. The van der Waals surface area contributed by atoms with Crippen molar-refractivity contribution in [2.75, 3.05) is 5.75 Å². The van der Waals surface area contributed by atoms with Crippen molar-refractivity contribution in [2.24, 2.45) is 0 Å². The molecule has 0 heterocycles. The first-order valence-electron chi connectivity index (χ1n) is 11.6. The molecule has 0 bridgehead atoms. The molecule has 1 aromatic carbocycles. The van der Waals surface area contributed by atoms with Gasteiger partial charge >= 0.3 is 0 Å². The summed E-state index contributed by atoms with van der Waals surface area (Å²) in [6.45, 7) is 6.33. The number of hydrogen-bond donors (Lipinski definition) is 1. The van der Waals surface area contributed by atoms with Gasteiger partial charge in [0.2, 0.25) is 0 Å². The highest BCUT2D eigenvalue weighted by Gasteiger charge is 2.18. The first-order chi connectivity index (χ1) is 13.9. The van der Waals surface area contributed by atoms with E-state index in [9.17, 15) is 13.0 Å². The molecule has 0 aliphatic heterocycles.